The first-order valence-electron chi connectivity index (χ1n) is 3.98. The molecular formula is C7H12F3NO3. The zero-order valence-corrected chi connectivity index (χ0v) is 7.38. The van der Waals surface area contributed by atoms with Crippen LogP contribution in [0, 0.1) is 0 Å². The van der Waals surface area contributed by atoms with Gasteiger partial charge >= 0.3 is 12.1 Å². The normalized spacial score (nSPS) is 14.0. The van der Waals surface area contributed by atoms with Crippen molar-refractivity contribution in [2.45, 2.75) is 25.1 Å². The van der Waals surface area contributed by atoms with E-state index in [1.165, 1.54) is 0 Å². The Kier molecular flexibility index (Phi) is 5.47. The SMILES string of the molecule is NCC(OCCCC(F)(F)F)C(=O)O. The summed E-state index contributed by atoms with van der Waals surface area (Å²) in [5, 5.41) is 8.41. The molecule has 0 rings (SSSR count). The van der Waals surface area contributed by atoms with Crippen LogP contribution in [0.3, 0.4) is 0 Å². The minimum Gasteiger partial charge on any atom is -0.479 e. The summed E-state index contributed by atoms with van der Waals surface area (Å²) in [6, 6.07) is 0. The molecule has 0 heterocycles. The molecule has 4 nitrogen and oxygen atoms in total. The van der Waals surface area contributed by atoms with E-state index in [1.807, 2.05) is 0 Å². The predicted molar refractivity (Wildman–Crippen MR) is 41.7 cm³/mol. The number of hydrogen-bond acceptors (Lipinski definition) is 3. The largest absolute Gasteiger partial charge is 0.479 e. The van der Waals surface area contributed by atoms with E-state index in [2.05, 4.69) is 4.74 Å². The lowest BCUT2D eigenvalue weighted by Gasteiger charge is -2.11. The second kappa shape index (κ2) is 5.82. The van der Waals surface area contributed by atoms with Gasteiger partial charge in [-0.1, -0.05) is 0 Å². The zero-order valence-electron chi connectivity index (χ0n) is 7.38. The van der Waals surface area contributed by atoms with E-state index in [9.17, 15) is 18.0 Å². The van der Waals surface area contributed by atoms with Crippen LogP contribution in [0.25, 0.3) is 0 Å². The molecule has 0 saturated heterocycles. The summed E-state index contributed by atoms with van der Waals surface area (Å²) >= 11 is 0. The second-order valence-electron chi connectivity index (χ2n) is 2.65. The quantitative estimate of drug-likeness (QED) is 0.641. The molecule has 0 bridgehead atoms. The van der Waals surface area contributed by atoms with Crippen molar-refractivity contribution in [2.75, 3.05) is 13.2 Å². The molecule has 0 aromatic rings. The molecular weight excluding hydrogens is 203 g/mol. The third-order valence-electron chi connectivity index (χ3n) is 1.41. The molecule has 0 radical (unpaired) electrons. The average Bonchev–Trinajstić information content (AvgIpc) is 2.01. The van der Waals surface area contributed by atoms with E-state index in [1.54, 1.807) is 0 Å². The molecule has 0 amide bonds. The van der Waals surface area contributed by atoms with Gasteiger partial charge in [0.1, 0.15) is 0 Å². The summed E-state index contributed by atoms with van der Waals surface area (Å²) in [5.41, 5.74) is 5.01. The van der Waals surface area contributed by atoms with Crippen LogP contribution in [0.15, 0.2) is 0 Å². The highest BCUT2D eigenvalue weighted by Crippen LogP contribution is 2.21. The van der Waals surface area contributed by atoms with Crippen LogP contribution < -0.4 is 5.73 Å². The first kappa shape index (κ1) is 13.2. The first-order valence-corrected chi connectivity index (χ1v) is 3.98. The Morgan fingerprint density at radius 1 is 1.50 bits per heavy atom. The molecule has 7 heteroatoms. The van der Waals surface area contributed by atoms with Gasteiger partial charge in [0.25, 0.3) is 0 Å². The number of ether oxygens (including phenoxy) is 1. The van der Waals surface area contributed by atoms with E-state index in [0.717, 1.165) is 0 Å². The Hall–Kier alpha value is -0.820. The summed E-state index contributed by atoms with van der Waals surface area (Å²) in [5.74, 6) is -1.26. The molecule has 0 aromatic carbocycles. The number of carboxylic acid groups (broad SMARTS) is 1. The van der Waals surface area contributed by atoms with Crippen LogP contribution in [-0.2, 0) is 9.53 Å². The summed E-state index contributed by atoms with van der Waals surface area (Å²) in [4.78, 5) is 10.3. The van der Waals surface area contributed by atoms with Gasteiger partial charge in [-0.25, -0.2) is 4.79 Å². The summed E-state index contributed by atoms with van der Waals surface area (Å²) in [7, 11) is 0. The van der Waals surface area contributed by atoms with Crippen molar-refractivity contribution in [1.29, 1.82) is 0 Å². The number of hydrogen-bond donors (Lipinski definition) is 2. The number of halogens is 3. The molecule has 14 heavy (non-hydrogen) atoms. The molecule has 0 fully saturated rings. The van der Waals surface area contributed by atoms with Crippen molar-refractivity contribution in [2.24, 2.45) is 5.73 Å². The lowest BCUT2D eigenvalue weighted by Crippen LogP contribution is -2.32. The van der Waals surface area contributed by atoms with E-state index < -0.39 is 24.7 Å². The Bertz CT molecular complexity index is 184. The highest BCUT2D eigenvalue weighted by Gasteiger charge is 2.26. The van der Waals surface area contributed by atoms with Crippen LogP contribution in [0.1, 0.15) is 12.8 Å². The summed E-state index contributed by atoms with van der Waals surface area (Å²) in [6.45, 7) is -0.505. The van der Waals surface area contributed by atoms with Gasteiger partial charge < -0.3 is 15.6 Å². The highest BCUT2D eigenvalue weighted by atomic mass is 19.4. The molecule has 1 atom stereocenters. The molecule has 0 aliphatic rings. The van der Waals surface area contributed by atoms with Crippen molar-refractivity contribution in [3.05, 3.63) is 0 Å². The van der Waals surface area contributed by atoms with Gasteiger partial charge in [-0.2, -0.15) is 13.2 Å². The Balaban J connectivity index is 3.58. The molecule has 0 saturated carbocycles. The van der Waals surface area contributed by atoms with Crippen LogP contribution in [0.5, 0.6) is 0 Å². The lowest BCUT2D eigenvalue weighted by atomic mass is 10.3. The van der Waals surface area contributed by atoms with Crippen molar-refractivity contribution < 1.29 is 27.8 Å². The maximum atomic E-state index is 11.6. The number of carbonyl (C=O) groups is 1. The minimum atomic E-state index is -4.23. The fourth-order valence-electron chi connectivity index (χ4n) is 0.738. The topological polar surface area (TPSA) is 72.5 Å². The fraction of sp³-hybridized carbons (Fsp3) is 0.857. The highest BCUT2D eigenvalue weighted by molar-refractivity contribution is 5.72. The van der Waals surface area contributed by atoms with E-state index in [4.69, 9.17) is 10.8 Å². The smallest absolute Gasteiger partial charge is 0.389 e. The van der Waals surface area contributed by atoms with Crippen molar-refractivity contribution in [3.63, 3.8) is 0 Å². The van der Waals surface area contributed by atoms with Gasteiger partial charge in [-0.05, 0) is 6.42 Å². The Morgan fingerprint density at radius 3 is 2.43 bits per heavy atom. The standard InChI is InChI=1S/C7H12F3NO3/c8-7(9,10)2-1-3-14-5(4-11)6(12)13/h5H,1-4,11H2,(H,12,13). The number of rotatable bonds is 6. The zero-order chi connectivity index (χ0) is 11.2. The Labute approximate surface area is 78.8 Å². The number of nitrogens with two attached hydrogens (primary N) is 1. The Morgan fingerprint density at radius 2 is 2.07 bits per heavy atom. The van der Waals surface area contributed by atoms with Gasteiger partial charge in [-0.3, -0.25) is 0 Å². The number of alkyl halides is 3. The van der Waals surface area contributed by atoms with Crippen LogP contribution >= 0.6 is 0 Å². The fourth-order valence-corrected chi connectivity index (χ4v) is 0.738. The molecule has 0 aliphatic heterocycles. The maximum absolute atomic E-state index is 11.6. The van der Waals surface area contributed by atoms with Crippen LogP contribution in [-0.4, -0.2) is 36.5 Å². The van der Waals surface area contributed by atoms with Gasteiger partial charge in [0.15, 0.2) is 6.10 Å². The van der Waals surface area contributed by atoms with Crippen LogP contribution in [0.4, 0.5) is 13.2 Å². The third-order valence-corrected chi connectivity index (χ3v) is 1.41. The molecule has 84 valence electrons. The lowest BCUT2D eigenvalue weighted by molar-refractivity contribution is -0.152. The molecule has 1 unspecified atom stereocenters. The predicted octanol–water partition coefficient (Wildman–Crippen LogP) is 0.757. The number of carboxylic acids is 1. The van der Waals surface area contributed by atoms with Crippen molar-refractivity contribution in [3.8, 4) is 0 Å². The maximum Gasteiger partial charge on any atom is 0.389 e. The van der Waals surface area contributed by atoms with Gasteiger partial charge in [0.05, 0.1) is 0 Å². The molecule has 0 spiro atoms. The molecule has 0 aliphatic carbocycles. The first-order chi connectivity index (χ1) is 6.37. The molecule has 3 N–H and O–H groups in total. The van der Waals surface area contributed by atoms with E-state index in [-0.39, 0.29) is 19.6 Å². The molecule has 0 aromatic heterocycles. The van der Waals surface area contributed by atoms with Crippen LogP contribution in [0.2, 0.25) is 0 Å². The van der Waals surface area contributed by atoms with Crippen molar-refractivity contribution >= 4 is 5.97 Å². The summed E-state index contributed by atoms with van der Waals surface area (Å²) < 4.78 is 39.5. The monoisotopic (exact) mass is 215 g/mol. The van der Waals surface area contributed by atoms with E-state index in [0.29, 0.717) is 0 Å². The third kappa shape index (κ3) is 6.67. The summed E-state index contributed by atoms with van der Waals surface area (Å²) in [6.07, 6.45) is -6.69. The second-order valence-corrected chi connectivity index (χ2v) is 2.65. The average molecular weight is 215 g/mol. The minimum absolute atomic E-state index is 0.249. The van der Waals surface area contributed by atoms with Gasteiger partial charge in [0, 0.05) is 19.6 Å². The van der Waals surface area contributed by atoms with Gasteiger partial charge in [-0.15, -0.1) is 0 Å². The van der Waals surface area contributed by atoms with Gasteiger partial charge in [0.2, 0.25) is 0 Å². The van der Waals surface area contributed by atoms with Crippen molar-refractivity contribution in [1.82, 2.24) is 0 Å². The number of aliphatic carboxylic acids is 1. The van der Waals surface area contributed by atoms with E-state index >= 15 is 0 Å².